The van der Waals surface area contributed by atoms with Crippen LogP contribution in [0.15, 0.2) is 71.8 Å². The van der Waals surface area contributed by atoms with Gasteiger partial charge in [0.2, 0.25) is 21.8 Å². The normalized spacial score (nSPS) is 12.4. The number of hydrogen-bond donors (Lipinski definition) is 4. The number of anilines is 1. The minimum Gasteiger partial charge on any atom is -0.377 e. The van der Waals surface area contributed by atoms with Gasteiger partial charge in [0.25, 0.3) is 0 Å². The Hall–Kier alpha value is -3.89. The number of nitrogens with one attached hydrogen (secondary N) is 4. The van der Waals surface area contributed by atoms with Crippen molar-refractivity contribution in [3.63, 3.8) is 0 Å². The summed E-state index contributed by atoms with van der Waals surface area (Å²) >= 11 is 0. The molecule has 9 nitrogen and oxygen atoms in total. The molecule has 0 spiro atoms. The summed E-state index contributed by atoms with van der Waals surface area (Å²) in [6.07, 6.45) is 3.33. The molecule has 0 radical (unpaired) electrons. The quantitative estimate of drug-likeness (QED) is 0.202. The van der Waals surface area contributed by atoms with Gasteiger partial charge in [0.05, 0.1) is 4.90 Å². The van der Waals surface area contributed by atoms with Crippen molar-refractivity contribution >= 4 is 49.2 Å². The number of benzene rings is 3. The molecule has 1 heterocycles. The van der Waals surface area contributed by atoms with Crippen LogP contribution >= 0.6 is 0 Å². The number of carbonyl (C=O) groups excluding carboxylic acids is 2. The van der Waals surface area contributed by atoms with Crippen molar-refractivity contribution in [3.05, 3.63) is 72.4 Å². The van der Waals surface area contributed by atoms with Gasteiger partial charge in [0.15, 0.2) is 0 Å². The fraction of sp³-hybridized carbons (Fsp3) is 0.310. The topological polar surface area (TPSA) is 123 Å². The Labute approximate surface area is 229 Å². The van der Waals surface area contributed by atoms with E-state index in [1.165, 1.54) is 6.92 Å². The van der Waals surface area contributed by atoms with Gasteiger partial charge < -0.3 is 20.5 Å². The number of H-pyrrole nitrogens is 1. The van der Waals surface area contributed by atoms with Crippen LogP contribution in [0.5, 0.6) is 0 Å². The minimum atomic E-state index is -3.71. The van der Waals surface area contributed by atoms with Gasteiger partial charge in [-0.3, -0.25) is 9.59 Å². The van der Waals surface area contributed by atoms with E-state index in [-0.39, 0.29) is 23.3 Å². The molecule has 0 aliphatic rings. The third-order valence-electron chi connectivity index (χ3n) is 6.62. The lowest BCUT2D eigenvalue weighted by Gasteiger charge is -2.18. The molecule has 0 bridgehead atoms. The van der Waals surface area contributed by atoms with Crippen molar-refractivity contribution in [1.29, 1.82) is 0 Å². The maximum Gasteiger partial charge on any atom is 0.242 e. The average molecular weight is 550 g/mol. The van der Waals surface area contributed by atoms with Crippen LogP contribution in [0.25, 0.3) is 21.7 Å². The summed E-state index contributed by atoms with van der Waals surface area (Å²) in [7, 11) is 0.135. The molecule has 0 saturated heterocycles. The minimum absolute atomic E-state index is 0.242. The van der Waals surface area contributed by atoms with Gasteiger partial charge in [0.1, 0.15) is 6.04 Å². The van der Waals surface area contributed by atoms with Gasteiger partial charge in [-0.1, -0.05) is 42.5 Å². The number of para-hydroxylation sites is 1. The molecular weight excluding hydrogens is 514 g/mol. The first-order chi connectivity index (χ1) is 18.7. The van der Waals surface area contributed by atoms with Gasteiger partial charge >= 0.3 is 0 Å². The standard InChI is InChI=1S/C29H35N5O4S/c1-20(35)33-26(18-21-19-31-25-13-5-4-10-22(21)25)29(36)30-16-6-7-17-32-39(37,38)28-15-9-11-23-24(28)12-8-14-27(23)34(2)3/h4-5,8-15,19,26,31-32H,6-7,16-18H2,1-3H3,(H,30,36)(H,33,35). The van der Waals surface area contributed by atoms with Crippen molar-refractivity contribution in [1.82, 2.24) is 20.3 Å². The van der Waals surface area contributed by atoms with E-state index in [2.05, 4.69) is 20.3 Å². The third kappa shape index (κ3) is 6.76. The van der Waals surface area contributed by atoms with E-state index in [4.69, 9.17) is 0 Å². The number of aromatic amines is 1. The molecule has 0 fully saturated rings. The van der Waals surface area contributed by atoms with Gasteiger partial charge in [-0.05, 0) is 36.6 Å². The monoisotopic (exact) mass is 549 g/mol. The third-order valence-corrected chi connectivity index (χ3v) is 8.14. The highest BCUT2D eigenvalue weighted by Gasteiger charge is 2.21. The van der Waals surface area contributed by atoms with Crippen LogP contribution in [0.3, 0.4) is 0 Å². The van der Waals surface area contributed by atoms with Gasteiger partial charge in [-0.15, -0.1) is 0 Å². The Morgan fingerprint density at radius 1 is 0.897 bits per heavy atom. The molecule has 1 aromatic heterocycles. The number of fused-ring (bicyclic) bond motifs is 2. The summed E-state index contributed by atoms with van der Waals surface area (Å²) in [5.41, 5.74) is 2.86. The maximum absolute atomic E-state index is 13.1. The van der Waals surface area contributed by atoms with E-state index in [0.29, 0.717) is 31.2 Å². The largest absolute Gasteiger partial charge is 0.377 e. The molecule has 1 unspecified atom stereocenters. The van der Waals surface area contributed by atoms with Crippen LogP contribution in [0.1, 0.15) is 25.3 Å². The summed E-state index contributed by atoms with van der Waals surface area (Å²) in [5.74, 6) is -0.556. The Morgan fingerprint density at radius 2 is 1.59 bits per heavy atom. The summed E-state index contributed by atoms with van der Waals surface area (Å²) in [6, 6.07) is 18.0. The zero-order chi connectivity index (χ0) is 28.0. The number of carbonyl (C=O) groups is 2. The second-order valence-corrected chi connectivity index (χ2v) is 11.5. The molecule has 39 heavy (non-hydrogen) atoms. The Morgan fingerprint density at radius 3 is 2.36 bits per heavy atom. The number of sulfonamides is 1. The lowest BCUT2D eigenvalue weighted by atomic mass is 10.0. The molecular formula is C29H35N5O4S. The second-order valence-electron chi connectivity index (χ2n) is 9.74. The number of aromatic nitrogens is 1. The molecule has 2 amide bonds. The van der Waals surface area contributed by atoms with Crippen LogP contribution in [-0.2, 0) is 26.0 Å². The Bertz CT molecular complexity index is 1580. The number of amides is 2. The van der Waals surface area contributed by atoms with Gasteiger partial charge in [0, 0.05) is 74.1 Å². The van der Waals surface area contributed by atoms with E-state index < -0.39 is 16.1 Å². The summed E-state index contributed by atoms with van der Waals surface area (Å²) in [6.45, 7) is 2.00. The number of rotatable bonds is 12. The van der Waals surface area contributed by atoms with Gasteiger partial charge in [-0.25, -0.2) is 13.1 Å². The zero-order valence-electron chi connectivity index (χ0n) is 22.5. The highest BCUT2D eigenvalue weighted by molar-refractivity contribution is 7.89. The van der Waals surface area contributed by atoms with Crippen molar-refractivity contribution in [2.45, 2.75) is 37.1 Å². The number of hydrogen-bond acceptors (Lipinski definition) is 5. The fourth-order valence-electron chi connectivity index (χ4n) is 4.73. The predicted molar refractivity (Wildman–Crippen MR) is 155 cm³/mol. The molecule has 10 heteroatoms. The average Bonchev–Trinajstić information content (AvgIpc) is 3.31. The SMILES string of the molecule is CC(=O)NC(Cc1c[nH]c2ccccc12)C(=O)NCCCCNS(=O)(=O)c1cccc2c(N(C)C)cccc12. The first kappa shape index (κ1) is 28.1. The van der Waals surface area contributed by atoms with Crippen molar-refractivity contribution in [3.8, 4) is 0 Å². The maximum atomic E-state index is 13.1. The molecule has 206 valence electrons. The van der Waals surface area contributed by atoms with Crippen molar-refractivity contribution in [2.24, 2.45) is 0 Å². The van der Waals surface area contributed by atoms with E-state index in [1.807, 2.05) is 73.7 Å². The molecule has 4 N–H and O–H groups in total. The highest BCUT2D eigenvalue weighted by atomic mass is 32.2. The summed E-state index contributed by atoms with van der Waals surface area (Å²) in [5, 5.41) is 8.16. The highest BCUT2D eigenvalue weighted by Crippen LogP contribution is 2.30. The van der Waals surface area contributed by atoms with Crippen LogP contribution in [0.4, 0.5) is 5.69 Å². The van der Waals surface area contributed by atoms with Crippen molar-refractivity contribution in [2.75, 3.05) is 32.1 Å². The van der Waals surface area contributed by atoms with Crippen LogP contribution in [0.2, 0.25) is 0 Å². The summed E-state index contributed by atoms with van der Waals surface area (Å²) < 4.78 is 28.8. The first-order valence-electron chi connectivity index (χ1n) is 13.0. The Kier molecular flexibility index (Phi) is 8.88. The fourth-order valence-corrected chi connectivity index (χ4v) is 6.03. The molecule has 4 aromatic rings. The van der Waals surface area contributed by atoms with Crippen molar-refractivity contribution < 1.29 is 18.0 Å². The summed E-state index contributed by atoms with van der Waals surface area (Å²) in [4.78, 5) is 30.0. The molecule has 4 rings (SSSR count). The first-order valence-corrected chi connectivity index (χ1v) is 14.4. The predicted octanol–water partition coefficient (Wildman–Crippen LogP) is 3.31. The smallest absolute Gasteiger partial charge is 0.242 e. The number of unbranched alkanes of at least 4 members (excludes halogenated alkanes) is 1. The van der Waals surface area contributed by atoms with E-state index in [1.54, 1.807) is 12.1 Å². The lowest BCUT2D eigenvalue weighted by molar-refractivity contribution is -0.128. The van der Waals surface area contributed by atoms with E-state index >= 15 is 0 Å². The number of nitrogens with zero attached hydrogens (tertiary/aromatic N) is 1. The lowest BCUT2D eigenvalue weighted by Crippen LogP contribution is -2.47. The van der Waals surface area contributed by atoms with Crippen LogP contribution in [-0.4, -0.2) is 58.4 Å². The molecule has 3 aromatic carbocycles. The van der Waals surface area contributed by atoms with E-state index in [9.17, 15) is 18.0 Å². The molecule has 0 saturated carbocycles. The van der Waals surface area contributed by atoms with Gasteiger partial charge in [-0.2, -0.15) is 0 Å². The second kappa shape index (κ2) is 12.3. The molecule has 1 atom stereocenters. The zero-order valence-corrected chi connectivity index (χ0v) is 23.3. The molecule has 0 aliphatic heterocycles. The Balaban J connectivity index is 1.30. The van der Waals surface area contributed by atoms with Crippen LogP contribution in [0, 0.1) is 0 Å². The van der Waals surface area contributed by atoms with Crippen LogP contribution < -0.4 is 20.3 Å². The molecule has 0 aliphatic carbocycles. The van der Waals surface area contributed by atoms with E-state index in [0.717, 1.165) is 27.5 Å².